The van der Waals surface area contributed by atoms with Crippen LogP contribution in [0.2, 0.25) is 5.02 Å². The first-order chi connectivity index (χ1) is 12.9. The van der Waals surface area contributed by atoms with Crippen LogP contribution in [0.1, 0.15) is 47.6 Å². The monoisotopic (exact) mass is 410 g/mol. The van der Waals surface area contributed by atoms with Gasteiger partial charge in [0.1, 0.15) is 11.5 Å². The number of halogens is 1. The summed E-state index contributed by atoms with van der Waals surface area (Å²) in [6.45, 7) is 3.03. The number of rotatable bonds is 5. The van der Waals surface area contributed by atoms with Gasteiger partial charge in [-0.15, -0.1) is 0 Å². The number of carbonyl (C=O) groups excluding carboxylic acids is 1. The first-order valence-corrected chi connectivity index (χ1v) is 10.8. The van der Waals surface area contributed by atoms with Gasteiger partial charge in [0.25, 0.3) is 5.91 Å². The molecule has 146 valence electrons. The van der Waals surface area contributed by atoms with E-state index in [1.54, 1.807) is 6.07 Å². The molecular formula is C19H23ClN2O4S. The van der Waals surface area contributed by atoms with Gasteiger partial charge in [0.05, 0.1) is 22.0 Å². The zero-order valence-electron chi connectivity index (χ0n) is 15.2. The van der Waals surface area contributed by atoms with E-state index in [0.29, 0.717) is 18.8 Å². The highest BCUT2D eigenvalue weighted by atomic mass is 35.5. The average Bonchev–Trinajstić information content (AvgIpc) is 2.88. The molecule has 0 aliphatic carbocycles. The zero-order valence-corrected chi connectivity index (χ0v) is 16.8. The molecule has 1 aromatic carbocycles. The smallest absolute Gasteiger partial charge is 0.253 e. The highest BCUT2D eigenvalue weighted by molar-refractivity contribution is 7.89. The Kier molecular flexibility index (Phi) is 6.24. The molecule has 1 N–H and O–H groups in total. The average molecular weight is 411 g/mol. The number of aryl methyl sites for hydroxylation is 1. The lowest BCUT2D eigenvalue weighted by Gasteiger charge is -2.20. The van der Waals surface area contributed by atoms with Crippen molar-refractivity contribution in [2.24, 2.45) is 0 Å². The molecule has 1 amide bonds. The fourth-order valence-electron chi connectivity index (χ4n) is 3.11. The van der Waals surface area contributed by atoms with Gasteiger partial charge >= 0.3 is 0 Å². The van der Waals surface area contributed by atoms with E-state index in [9.17, 15) is 13.2 Å². The van der Waals surface area contributed by atoms with Crippen molar-refractivity contribution in [1.29, 1.82) is 0 Å². The van der Waals surface area contributed by atoms with Crippen LogP contribution < -0.4 is 5.32 Å². The lowest BCUT2D eigenvalue weighted by Crippen LogP contribution is -2.32. The minimum Gasteiger partial charge on any atom is -0.465 e. The van der Waals surface area contributed by atoms with Crippen LogP contribution >= 0.6 is 11.6 Å². The van der Waals surface area contributed by atoms with E-state index in [2.05, 4.69) is 5.32 Å². The quantitative estimate of drug-likeness (QED) is 0.814. The number of furan rings is 1. The maximum Gasteiger partial charge on any atom is 0.253 e. The fraction of sp³-hybridized carbons (Fsp3) is 0.421. The van der Waals surface area contributed by atoms with Gasteiger partial charge in [0.2, 0.25) is 10.0 Å². The van der Waals surface area contributed by atoms with Crippen LogP contribution in [-0.2, 0) is 16.6 Å². The van der Waals surface area contributed by atoms with E-state index in [4.69, 9.17) is 16.0 Å². The number of amides is 1. The molecule has 0 bridgehead atoms. The van der Waals surface area contributed by atoms with Crippen molar-refractivity contribution in [1.82, 2.24) is 9.62 Å². The second-order valence-electron chi connectivity index (χ2n) is 6.65. The van der Waals surface area contributed by atoms with Crippen molar-refractivity contribution in [2.75, 3.05) is 13.1 Å². The Balaban J connectivity index is 1.79. The number of nitrogens with one attached hydrogen (secondary N) is 1. The molecule has 1 aromatic heterocycles. The Morgan fingerprint density at radius 3 is 2.48 bits per heavy atom. The molecule has 0 spiro atoms. The van der Waals surface area contributed by atoms with E-state index in [-0.39, 0.29) is 22.0 Å². The Hall–Kier alpha value is -1.83. The molecule has 1 fully saturated rings. The van der Waals surface area contributed by atoms with Crippen LogP contribution in [-0.4, -0.2) is 31.7 Å². The van der Waals surface area contributed by atoms with Crippen LogP contribution in [0.3, 0.4) is 0 Å². The zero-order chi connectivity index (χ0) is 19.4. The number of benzene rings is 1. The first-order valence-electron chi connectivity index (χ1n) is 9.01. The molecule has 1 saturated heterocycles. The third-order valence-corrected chi connectivity index (χ3v) is 6.83. The van der Waals surface area contributed by atoms with Crippen molar-refractivity contribution < 1.29 is 17.6 Å². The normalized spacial score (nSPS) is 16.1. The molecule has 2 aromatic rings. The molecule has 0 saturated carbocycles. The summed E-state index contributed by atoms with van der Waals surface area (Å²) in [4.78, 5) is 12.6. The molecule has 6 nitrogen and oxygen atoms in total. The molecule has 1 aliphatic heterocycles. The Morgan fingerprint density at radius 2 is 1.85 bits per heavy atom. The number of sulfonamides is 1. The van der Waals surface area contributed by atoms with Gasteiger partial charge in [0.15, 0.2) is 0 Å². The van der Waals surface area contributed by atoms with Crippen molar-refractivity contribution in [3.05, 3.63) is 52.4 Å². The number of hydrogen-bond donors (Lipinski definition) is 1. The molecule has 0 unspecified atom stereocenters. The summed E-state index contributed by atoms with van der Waals surface area (Å²) in [6.07, 6.45) is 3.77. The molecule has 27 heavy (non-hydrogen) atoms. The summed E-state index contributed by atoms with van der Waals surface area (Å²) in [5.74, 6) is 0.926. The van der Waals surface area contributed by atoms with E-state index in [0.717, 1.165) is 31.4 Å². The lowest BCUT2D eigenvalue weighted by atomic mass is 10.2. The topological polar surface area (TPSA) is 79.6 Å². The maximum absolute atomic E-state index is 12.9. The summed E-state index contributed by atoms with van der Waals surface area (Å²) >= 11 is 6.15. The van der Waals surface area contributed by atoms with Crippen LogP contribution in [0.4, 0.5) is 0 Å². The summed E-state index contributed by atoms with van der Waals surface area (Å²) in [7, 11) is -3.65. The van der Waals surface area contributed by atoms with Crippen molar-refractivity contribution in [3.8, 4) is 0 Å². The first kappa shape index (κ1) is 19.9. The summed E-state index contributed by atoms with van der Waals surface area (Å²) in [6, 6.07) is 7.85. The van der Waals surface area contributed by atoms with E-state index >= 15 is 0 Å². The van der Waals surface area contributed by atoms with Gasteiger partial charge in [-0.25, -0.2) is 8.42 Å². The van der Waals surface area contributed by atoms with Gasteiger partial charge in [0, 0.05) is 13.1 Å². The highest BCUT2D eigenvalue weighted by Gasteiger charge is 2.26. The minimum absolute atomic E-state index is 0.0905. The number of hydrogen-bond acceptors (Lipinski definition) is 4. The Bertz CT molecular complexity index is 916. The number of nitrogens with zero attached hydrogens (tertiary/aromatic N) is 1. The van der Waals surface area contributed by atoms with E-state index in [1.807, 2.05) is 13.0 Å². The molecular weight excluding hydrogens is 388 g/mol. The SMILES string of the molecule is Cc1ccc(CNC(=O)c2cc(S(=O)(=O)N3CCCCCC3)ccc2Cl)o1. The highest BCUT2D eigenvalue weighted by Crippen LogP contribution is 2.25. The van der Waals surface area contributed by atoms with Crippen LogP contribution in [0.25, 0.3) is 0 Å². The van der Waals surface area contributed by atoms with Gasteiger partial charge < -0.3 is 9.73 Å². The largest absolute Gasteiger partial charge is 0.465 e. The lowest BCUT2D eigenvalue weighted by molar-refractivity contribution is 0.0948. The van der Waals surface area contributed by atoms with Crippen LogP contribution in [0.5, 0.6) is 0 Å². The summed E-state index contributed by atoms with van der Waals surface area (Å²) in [5.41, 5.74) is 0.135. The number of carbonyl (C=O) groups is 1. The molecule has 1 aliphatic rings. The molecule has 8 heteroatoms. The molecule has 0 radical (unpaired) electrons. The van der Waals surface area contributed by atoms with Crippen LogP contribution in [0.15, 0.2) is 39.6 Å². The third kappa shape index (κ3) is 4.72. The van der Waals surface area contributed by atoms with E-state index in [1.165, 1.54) is 22.5 Å². The second kappa shape index (κ2) is 8.46. The van der Waals surface area contributed by atoms with Crippen LogP contribution in [0, 0.1) is 6.92 Å². The summed E-state index contributed by atoms with van der Waals surface area (Å²) in [5, 5.41) is 2.92. The van der Waals surface area contributed by atoms with Gasteiger partial charge in [-0.05, 0) is 50.1 Å². The fourth-order valence-corrected chi connectivity index (χ4v) is 4.86. The molecule has 3 rings (SSSR count). The van der Waals surface area contributed by atoms with E-state index < -0.39 is 15.9 Å². The van der Waals surface area contributed by atoms with Crippen molar-refractivity contribution in [3.63, 3.8) is 0 Å². The Labute approximate surface area is 164 Å². The van der Waals surface area contributed by atoms with Crippen molar-refractivity contribution >= 4 is 27.5 Å². The standard InChI is InChI=1S/C19H23ClN2O4S/c1-14-6-7-15(26-14)13-21-19(23)17-12-16(8-9-18(17)20)27(24,25)22-10-4-2-3-5-11-22/h6-9,12H,2-5,10-11,13H2,1H3,(H,21,23). The predicted molar refractivity (Wildman–Crippen MR) is 103 cm³/mol. The predicted octanol–water partition coefficient (Wildman–Crippen LogP) is 3.74. The maximum atomic E-state index is 12.9. The van der Waals surface area contributed by atoms with Gasteiger partial charge in [-0.2, -0.15) is 4.31 Å². The summed E-state index contributed by atoms with van der Waals surface area (Å²) < 4.78 is 32.8. The Morgan fingerprint density at radius 1 is 1.15 bits per heavy atom. The third-order valence-electron chi connectivity index (χ3n) is 4.60. The van der Waals surface area contributed by atoms with Gasteiger partial charge in [-0.3, -0.25) is 4.79 Å². The minimum atomic E-state index is -3.65. The molecule has 0 atom stereocenters. The van der Waals surface area contributed by atoms with Gasteiger partial charge in [-0.1, -0.05) is 24.4 Å². The molecule has 2 heterocycles. The second-order valence-corrected chi connectivity index (χ2v) is 9.00. The van der Waals surface area contributed by atoms with Crippen molar-refractivity contribution in [2.45, 2.75) is 44.0 Å².